The number of carbonyl (C=O) groups excluding carboxylic acids is 1. The highest BCUT2D eigenvalue weighted by Gasteiger charge is 2.32. The number of nitrogens with zero attached hydrogens (tertiary/aromatic N) is 1. The number of benzene rings is 2. The Balaban J connectivity index is 1.86. The van der Waals surface area contributed by atoms with Crippen molar-refractivity contribution in [3.63, 3.8) is 0 Å². The number of carbonyl (C=O) groups is 1. The van der Waals surface area contributed by atoms with Crippen LogP contribution in [0, 0.1) is 6.92 Å². The third-order valence-corrected chi connectivity index (χ3v) is 5.32. The Hall–Kier alpha value is -2.34. The molecule has 5 nitrogen and oxygen atoms in total. The monoisotopic (exact) mass is 330 g/mol. The standard InChI is InChI=1S/C17H18N2O3S/c1-12-7-9-15(10-8-12)23(21,22)18-17(20)19-13(2)11-14-5-3-4-6-16(14)19/h3-10,13H,11H2,1-2H3,(H,18,20)/t13-/m1/s1. The van der Waals surface area contributed by atoms with Crippen LogP contribution in [0.5, 0.6) is 0 Å². The van der Waals surface area contributed by atoms with Gasteiger partial charge in [0.25, 0.3) is 10.0 Å². The van der Waals surface area contributed by atoms with E-state index in [1.54, 1.807) is 12.1 Å². The third-order valence-electron chi connectivity index (χ3n) is 3.98. The molecule has 1 aliphatic heterocycles. The minimum atomic E-state index is -3.88. The molecule has 23 heavy (non-hydrogen) atoms. The van der Waals surface area contributed by atoms with Crippen molar-refractivity contribution in [2.75, 3.05) is 4.90 Å². The van der Waals surface area contributed by atoms with Gasteiger partial charge in [0.05, 0.1) is 4.90 Å². The second-order valence-corrected chi connectivity index (χ2v) is 7.46. The van der Waals surface area contributed by atoms with E-state index >= 15 is 0 Å². The molecule has 6 heteroatoms. The van der Waals surface area contributed by atoms with Crippen LogP contribution in [0.25, 0.3) is 0 Å². The van der Waals surface area contributed by atoms with Gasteiger partial charge in [-0.1, -0.05) is 35.9 Å². The Kier molecular flexibility index (Phi) is 3.85. The molecule has 0 saturated heterocycles. The van der Waals surface area contributed by atoms with E-state index in [4.69, 9.17) is 0 Å². The van der Waals surface area contributed by atoms with Gasteiger partial charge in [0.2, 0.25) is 0 Å². The van der Waals surface area contributed by atoms with Crippen LogP contribution in [-0.2, 0) is 16.4 Å². The Morgan fingerprint density at radius 3 is 2.48 bits per heavy atom. The highest BCUT2D eigenvalue weighted by molar-refractivity contribution is 7.90. The molecular weight excluding hydrogens is 312 g/mol. The first-order valence-electron chi connectivity index (χ1n) is 7.39. The summed E-state index contributed by atoms with van der Waals surface area (Å²) < 4.78 is 26.9. The van der Waals surface area contributed by atoms with Gasteiger partial charge in [0.15, 0.2) is 0 Å². The fraction of sp³-hybridized carbons (Fsp3) is 0.235. The van der Waals surface area contributed by atoms with Gasteiger partial charge in [-0.3, -0.25) is 4.90 Å². The van der Waals surface area contributed by atoms with Gasteiger partial charge in [-0.15, -0.1) is 0 Å². The number of sulfonamides is 1. The fourth-order valence-corrected chi connectivity index (χ4v) is 3.76. The molecule has 1 heterocycles. The topological polar surface area (TPSA) is 66.5 Å². The van der Waals surface area contributed by atoms with E-state index in [1.165, 1.54) is 17.0 Å². The molecule has 2 aromatic carbocycles. The highest BCUT2D eigenvalue weighted by atomic mass is 32.2. The first-order valence-corrected chi connectivity index (χ1v) is 8.87. The van der Waals surface area contributed by atoms with E-state index in [1.807, 2.05) is 38.1 Å². The molecule has 2 amide bonds. The van der Waals surface area contributed by atoms with E-state index in [-0.39, 0.29) is 10.9 Å². The zero-order chi connectivity index (χ0) is 16.6. The van der Waals surface area contributed by atoms with Crippen molar-refractivity contribution in [2.24, 2.45) is 0 Å². The number of amides is 2. The molecule has 0 saturated carbocycles. The van der Waals surface area contributed by atoms with Crippen molar-refractivity contribution in [1.82, 2.24) is 4.72 Å². The molecule has 3 rings (SSSR count). The molecular formula is C17H18N2O3S. The lowest BCUT2D eigenvalue weighted by atomic mass is 10.1. The second kappa shape index (κ2) is 5.70. The average molecular weight is 330 g/mol. The summed E-state index contributed by atoms with van der Waals surface area (Å²) in [5, 5.41) is 0. The molecule has 0 fully saturated rings. The Bertz CT molecular complexity index is 844. The Labute approximate surface area is 136 Å². The van der Waals surface area contributed by atoms with Gasteiger partial charge < -0.3 is 0 Å². The molecule has 2 aromatic rings. The minimum absolute atomic E-state index is 0.0802. The summed E-state index contributed by atoms with van der Waals surface area (Å²) >= 11 is 0. The number of hydrogen-bond donors (Lipinski definition) is 1. The lowest BCUT2D eigenvalue weighted by molar-refractivity contribution is 0.250. The Morgan fingerprint density at radius 1 is 1.13 bits per heavy atom. The molecule has 0 bridgehead atoms. The van der Waals surface area contributed by atoms with Crippen molar-refractivity contribution in [1.29, 1.82) is 0 Å². The zero-order valence-electron chi connectivity index (χ0n) is 13.0. The van der Waals surface area contributed by atoms with Crippen molar-refractivity contribution in [2.45, 2.75) is 31.2 Å². The van der Waals surface area contributed by atoms with Crippen LogP contribution in [0.2, 0.25) is 0 Å². The maximum absolute atomic E-state index is 12.5. The average Bonchev–Trinajstić information content (AvgIpc) is 2.83. The van der Waals surface area contributed by atoms with Crippen LogP contribution in [0.4, 0.5) is 10.5 Å². The summed E-state index contributed by atoms with van der Waals surface area (Å²) in [7, 11) is -3.88. The zero-order valence-corrected chi connectivity index (χ0v) is 13.8. The third kappa shape index (κ3) is 2.94. The van der Waals surface area contributed by atoms with E-state index in [0.29, 0.717) is 6.42 Å². The summed E-state index contributed by atoms with van der Waals surface area (Å²) in [4.78, 5) is 14.1. The summed E-state index contributed by atoms with van der Waals surface area (Å²) in [5.41, 5.74) is 2.76. The van der Waals surface area contributed by atoms with Crippen LogP contribution in [0.15, 0.2) is 53.4 Å². The predicted molar refractivity (Wildman–Crippen MR) is 89.0 cm³/mol. The van der Waals surface area contributed by atoms with Gasteiger partial charge in [-0.05, 0) is 44.0 Å². The van der Waals surface area contributed by atoms with E-state index < -0.39 is 16.1 Å². The second-order valence-electron chi connectivity index (χ2n) is 5.78. The largest absolute Gasteiger partial charge is 0.336 e. The maximum atomic E-state index is 12.5. The summed E-state index contributed by atoms with van der Waals surface area (Å²) in [6.07, 6.45) is 0.716. The van der Waals surface area contributed by atoms with Crippen molar-refractivity contribution < 1.29 is 13.2 Å². The van der Waals surface area contributed by atoms with Gasteiger partial charge in [0.1, 0.15) is 0 Å². The quantitative estimate of drug-likeness (QED) is 0.921. The molecule has 1 aliphatic rings. The molecule has 0 aliphatic carbocycles. The molecule has 0 radical (unpaired) electrons. The number of para-hydroxylation sites is 1. The number of anilines is 1. The summed E-state index contributed by atoms with van der Waals surface area (Å²) in [6.45, 7) is 3.77. The molecule has 0 spiro atoms. The predicted octanol–water partition coefficient (Wildman–Crippen LogP) is 2.84. The van der Waals surface area contributed by atoms with Gasteiger partial charge in [-0.2, -0.15) is 0 Å². The van der Waals surface area contributed by atoms with E-state index in [0.717, 1.165) is 16.8 Å². The van der Waals surface area contributed by atoms with Gasteiger partial charge >= 0.3 is 6.03 Å². The van der Waals surface area contributed by atoms with Gasteiger partial charge in [0, 0.05) is 11.7 Å². The van der Waals surface area contributed by atoms with Crippen LogP contribution >= 0.6 is 0 Å². The minimum Gasteiger partial charge on any atom is -0.290 e. The first-order chi connectivity index (χ1) is 10.9. The number of urea groups is 1. The van der Waals surface area contributed by atoms with E-state index in [2.05, 4.69) is 4.72 Å². The number of fused-ring (bicyclic) bond motifs is 1. The van der Waals surface area contributed by atoms with Crippen molar-refractivity contribution >= 4 is 21.7 Å². The van der Waals surface area contributed by atoms with Crippen LogP contribution in [0.1, 0.15) is 18.1 Å². The van der Waals surface area contributed by atoms with E-state index in [9.17, 15) is 13.2 Å². The SMILES string of the molecule is Cc1ccc(S(=O)(=O)NC(=O)N2c3ccccc3C[C@H]2C)cc1. The smallest absolute Gasteiger partial charge is 0.290 e. The van der Waals surface area contributed by atoms with Gasteiger partial charge in [-0.25, -0.2) is 17.9 Å². The summed E-state index contributed by atoms with van der Waals surface area (Å²) in [6, 6.07) is 13.2. The number of hydrogen-bond acceptors (Lipinski definition) is 3. The molecule has 1 atom stereocenters. The first kappa shape index (κ1) is 15.6. The van der Waals surface area contributed by atoms with Crippen molar-refractivity contribution in [3.8, 4) is 0 Å². The fourth-order valence-electron chi connectivity index (χ4n) is 2.82. The molecule has 1 N–H and O–H groups in total. The number of nitrogens with one attached hydrogen (secondary N) is 1. The van der Waals surface area contributed by atoms with Crippen LogP contribution < -0.4 is 9.62 Å². The normalized spacial score (nSPS) is 17.0. The lowest BCUT2D eigenvalue weighted by Crippen LogP contribution is -2.45. The number of aryl methyl sites for hydroxylation is 1. The van der Waals surface area contributed by atoms with Crippen LogP contribution in [-0.4, -0.2) is 20.5 Å². The highest BCUT2D eigenvalue weighted by Crippen LogP contribution is 2.31. The maximum Gasteiger partial charge on any atom is 0.336 e. The molecule has 0 aromatic heterocycles. The summed E-state index contributed by atoms with van der Waals surface area (Å²) in [5.74, 6) is 0. The molecule has 0 unspecified atom stereocenters. The van der Waals surface area contributed by atoms with Crippen molar-refractivity contribution in [3.05, 3.63) is 59.7 Å². The Morgan fingerprint density at radius 2 is 1.78 bits per heavy atom. The molecule has 120 valence electrons. The lowest BCUT2D eigenvalue weighted by Gasteiger charge is -2.23. The number of rotatable bonds is 2. The van der Waals surface area contributed by atoms with Crippen LogP contribution in [0.3, 0.4) is 0 Å².